The van der Waals surface area contributed by atoms with Crippen LogP contribution in [0, 0.1) is 23.2 Å². The van der Waals surface area contributed by atoms with E-state index in [0.29, 0.717) is 11.3 Å². The van der Waals surface area contributed by atoms with Gasteiger partial charge in [0.1, 0.15) is 0 Å². The van der Waals surface area contributed by atoms with E-state index in [0.717, 1.165) is 31.3 Å². The average molecular weight is 235 g/mol. The van der Waals surface area contributed by atoms with Crippen LogP contribution in [0.25, 0.3) is 0 Å². The lowest BCUT2D eigenvalue weighted by atomic mass is 9.62. The van der Waals surface area contributed by atoms with Crippen molar-refractivity contribution in [2.45, 2.75) is 40.0 Å². The van der Waals surface area contributed by atoms with Crippen molar-refractivity contribution in [1.29, 1.82) is 0 Å². The van der Waals surface area contributed by atoms with Crippen LogP contribution in [-0.2, 0) is 0 Å². The molecule has 1 aliphatic rings. The summed E-state index contributed by atoms with van der Waals surface area (Å²) in [6.45, 7) is 17.4. The summed E-state index contributed by atoms with van der Waals surface area (Å²) < 4.78 is 0. The standard InChI is InChI=1S/C16H29N/c1-6-8-9-13(3)16(4,5)15-10-11-17-12-14(15)7-2/h6-7,13-15,17H,1-2,8-12H2,3-5H3. The van der Waals surface area contributed by atoms with Gasteiger partial charge < -0.3 is 5.32 Å². The van der Waals surface area contributed by atoms with Gasteiger partial charge in [-0.2, -0.15) is 0 Å². The average Bonchev–Trinajstić information content (AvgIpc) is 2.35. The van der Waals surface area contributed by atoms with Crippen molar-refractivity contribution in [1.82, 2.24) is 5.32 Å². The maximum atomic E-state index is 4.01. The normalized spacial score (nSPS) is 27.5. The molecule has 1 heterocycles. The second-order valence-corrected chi connectivity index (χ2v) is 6.09. The van der Waals surface area contributed by atoms with Gasteiger partial charge in [-0.1, -0.05) is 32.9 Å². The van der Waals surface area contributed by atoms with E-state index in [2.05, 4.69) is 45.3 Å². The number of allylic oxidation sites excluding steroid dienone is 1. The summed E-state index contributed by atoms with van der Waals surface area (Å²) in [6.07, 6.45) is 7.86. The fraction of sp³-hybridized carbons (Fsp3) is 0.750. The molecular formula is C16H29N. The van der Waals surface area contributed by atoms with Gasteiger partial charge in [-0.25, -0.2) is 0 Å². The van der Waals surface area contributed by atoms with Crippen LogP contribution in [0.2, 0.25) is 0 Å². The predicted octanol–water partition coefficient (Wildman–Crippen LogP) is 4.03. The number of rotatable bonds is 6. The molecule has 1 saturated heterocycles. The monoisotopic (exact) mass is 235 g/mol. The van der Waals surface area contributed by atoms with Gasteiger partial charge in [0.2, 0.25) is 0 Å². The Labute approximate surface area is 107 Å². The minimum absolute atomic E-state index is 0.393. The molecule has 0 radical (unpaired) electrons. The Morgan fingerprint density at radius 2 is 2.12 bits per heavy atom. The van der Waals surface area contributed by atoms with Crippen LogP contribution in [0.5, 0.6) is 0 Å². The summed E-state index contributed by atoms with van der Waals surface area (Å²) >= 11 is 0. The first-order valence-electron chi connectivity index (χ1n) is 6.98. The Hall–Kier alpha value is -0.560. The van der Waals surface area contributed by atoms with E-state index in [1.54, 1.807) is 0 Å². The highest BCUT2D eigenvalue weighted by molar-refractivity contribution is 4.97. The largest absolute Gasteiger partial charge is 0.316 e. The molecule has 0 aromatic heterocycles. The summed E-state index contributed by atoms with van der Waals surface area (Å²) in [5.41, 5.74) is 0.393. The van der Waals surface area contributed by atoms with Crippen molar-refractivity contribution in [2.75, 3.05) is 13.1 Å². The fourth-order valence-corrected chi connectivity index (χ4v) is 3.16. The van der Waals surface area contributed by atoms with E-state index in [1.165, 1.54) is 12.8 Å². The van der Waals surface area contributed by atoms with Gasteiger partial charge in [0.05, 0.1) is 0 Å². The molecule has 98 valence electrons. The maximum absolute atomic E-state index is 4.01. The summed E-state index contributed by atoms with van der Waals surface area (Å²) in [5, 5.41) is 3.48. The third-order valence-corrected chi connectivity index (χ3v) is 4.86. The zero-order chi connectivity index (χ0) is 12.9. The van der Waals surface area contributed by atoms with Crippen molar-refractivity contribution in [3.8, 4) is 0 Å². The van der Waals surface area contributed by atoms with E-state index in [1.807, 2.05) is 6.08 Å². The highest BCUT2D eigenvalue weighted by Crippen LogP contribution is 2.44. The third kappa shape index (κ3) is 3.45. The quantitative estimate of drug-likeness (QED) is 0.685. The van der Waals surface area contributed by atoms with Crippen LogP contribution in [0.4, 0.5) is 0 Å². The van der Waals surface area contributed by atoms with Gasteiger partial charge in [0.15, 0.2) is 0 Å². The van der Waals surface area contributed by atoms with Crippen molar-refractivity contribution in [2.24, 2.45) is 23.2 Å². The fourth-order valence-electron chi connectivity index (χ4n) is 3.16. The zero-order valence-corrected chi connectivity index (χ0v) is 11.8. The SMILES string of the molecule is C=CCCC(C)C(C)(C)C1CCNCC1C=C. The summed E-state index contributed by atoms with van der Waals surface area (Å²) in [7, 11) is 0. The van der Waals surface area contributed by atoms with Crippen LogP contribution in [0.3, 0.4) is 0 Å². The molecule has 0 aromatic carbocycles. The molecule has 0 aliphatic carbocycles. The Morgan fingerprint density at radius 1 is 1.41 bits per heavy atom. The second kappa shape index (κ2) is 6.39. The zero-order valence-electron chi connectivity index (χ0n) is 11.8. The van der Waals surface area contributed by atoms with Gasteiger partial charge in [0, 0.05) is 6.54 Å². The molecule has 1 rings (SSSR count). The predicted molar refractivity (Wildman–Crippen MR) is 77.0 cm³/mol. The van der Waals surface area contributed by atoms with Crippen LogP contribution in [-0.4, -0.2) is 13.1 Å². The minimum atomic E-state index is 0.393. The molecule has 3 unspecified atom stereocenters. The Morgan fingerprint density at radius 3 is 2.71 bits per heavy atom. The van der Waals surface area contributed by atoms with Crippen molar-refractivity contribution in [3.05, 3.63) is 25.3 Å². The van der Waals surface area contributed by atoms with Crippen molar-refractivity contribution < 1.29 is 0 Å². The first-order chi connectivity index (χ1) is 8.04. The van der Waals surface area contributed by atoms with E-state index < -0.39 is 0 Å². The van der Waals surface area contributed by atoms with Gasteiger partial charge in [-0.15, -0.1) is 13.2 Å². The molecule has 1 aliphatic heterocycles. The van der Waals surface area contributed by atoms with E-state index in [4.69, 9.17) is 0 Å². The topological polar surface area (TPSA) is 12.0 Å². The van der Waals surface area contributed by atoms with Crippen LogP contribution < -0.4 is 5.32 Å². The lowest BCUT2D eigenvalue weighted by molar-refractivity contribution is 0.0657. The molecule has 1 N–H and O–H groups in total. The van der Waals surface area contributed by atoms with Crippen LogP contribution in [0.15, 0.2) is 25.3 Å². The van der Waals surface area contributed by atoms with E-state index in [9.17, 15) is 0 Å². The first-order valence-corrected chi connectivity index (χ1v) is 6.98. The summed E-state index contributed by atoms with van der Waals surface area (Å²) in [4.78, 5) is 0. The molecule has 1 fully saturated rings. The molecule has 17 heavy (non-hydrogen) atoms. The number of hydrogen-bond donors (Lipinski definition) is 1. The van der Waals surface area contributed by atoms with Gasteiger partial charge in [-0.3, -0.25) is 0 Å². The van der Waals surface area contributed by atoms with Gasteiger partial charge >= 0.3 is 0 Å². The molecular weight excluding hydrogens is 206 g/mol. The summed E-state index contributed by atoms with van der Waals surface area (Å²) in [5.74, 6) is 2.14. The number of piperidine rings is 1. The lowest BCUT2D eigenvalue weighted by Gasteiger charge is -2.45. The van der Waals surface area contributed by atoms with E-state index >= 15 is 0 Å². The minimum Gasteiger partial charge on any atom is -0.316 e. The molecule has 0 amide bonds. The molecule has 0 bridgehead atoms. The highest BCUT2D eigenvalue weighted by atomic mass is 14.9. The lowest BCUT2D eigenvalue weighted by Crippen LogP contribution is -2.44. The number of nitrogens with one attached hydrogen (secondary N) is 1. The van der Waals surface area contributed by atoms with Crippen LogP contribution >= 0.6 is 0 Å². The maximum Gasteiger partial charge on any atom is 0.00169 e. The van der Waals surface area contributed by atoms with Gasteiger partial charge in [0.25, 0.3) is 0 Å². The molecule has 3 atom stereocenters. The Bertz CT molecular complexity index is 254. The molecule has 1 heteroatoms. The molecule has 0 aromatic rings. The highest BCUT2D eigenvalue weighted by Gasteiger charge is 2.38. The van der Waals surface area contributed by atoms with Gasteiger partial charge in [-0.05, 0) is 49.0 Å². The Kier molecular flexibility index (Phi) is 5.45. The van der Waals surface area contributed by atoms with Crippen molar-refractivity contribution >= 4 is 0 Å². The molecule has 0 spiro atoms. The van der Waals surface area contributed by atoms with E-state index in [-0.39, 0.29) is 0 Å². The number of hydrogen-bond acceptors (Lipinski definition) is 1. The molecule has 1 nitrogen and oxygen atoms in total. The third-order valence-electron chi connectivity index (χ3n) is 4.86. The smallest absolute Gasteiger partial charge is 0.00169 e. The first kappa shape index (κ1) is 14.5. The second-order valence-electron chi connectivity index (χ2n) is 6.09. The summed E-state index contributed by atoms with van der Waals surface area (Å²) in [6, 6.07) is 0. The van der Waals surface area contributed by atoms with Crippen LogP contribution in [0.1, 0.15) is 40.0 Å². The van der Waals surface area contributed by atoms with Crippen molar-refractivity contribution in [3.63, 3.8) is 0 Å². The Balaban J connectivity index is 2.71. The molecule has 0 saturated carbocycles.